The van der Waals surface area contributed by atoms with Gasteiger partial charge in [0.05, 0.1) is 0 Å². The van der Waals surface area contributed by atoms with Crippen molar-refractivity contribution < 1.29 is 4.39 Å². The van der Waals surface area contributed by atoms with E-state index < -0.39 is 0 Å². The number of fused-ring (bicyclic) bond motifs is 2. The van der Waals surface area contributed by atoms with Gasteiger partial charge in [-0.3, -0.25) is 0 Å². The summed E-state index contributed by atoms with van der Waals surface area (Å²) in [4.78, 5) is 2.42. The molecule has 1 heterocycles. The molecule has 0 amide bonds. The number of piperidine rings is 1. The third-order valence-electron chi connectivity index (χ3n) is 3.90. The van der Waals surface area contributed by atoms with Crippen molar-refractivity contribution in [3.8, 4) is 0 Å². The molecule has 16 heavy (non-hydrogen) atoms. The molecule has 2 bridgehead atoms. The Balaban J connectivity index is 1.94. The summed E-state index contributed by atoms with van der Waals surface area (Å²) in [6, 6.07) is 5.65. The predicted molar refractivity (Wildman–Crippen MR) is 64.4 cm³/mol. The maximum absolute atomic E-state index is 13.1. The molecule has 1 aliphatic carbocycles. The second-order valence-corrected chi connectivity index (χ2v) is 5.16. The number of alkyl halides is 1. The molecule has 0 radical (unpaired) electrons. The van der Waals surface area contributed by atoms with Crippen LogP contribution < -0.4 is 4.90 Å². The zero-order valence-electron chi connectivity index (χ0n) is 9.13. The summed E-state index contributed by atoms with van der Waals surface area (Å²) in [5.41, 5.74) is 2.07. The number of benzene rings is 1. The van der Waals surface area contributed by atoms with Crippen molar-refractivity contribution in [2.75, 3.05) is 11.4 Å². The first kappa shape index (κ1) is 10.4. The van der Waals surface area contributed by atoms with Crippen LogP contribution in [0.15, 0.2) is 18.2 Å². The molecule has 1 saturated heterocycles. The van der Waals surface area contributed by atoms with E-state index >= 15 is 0 Å². The third-order valence-corrected chi connectivity index (χ3v) is 4.19. The van der Waals surface area contributed by atoms with Gasteiger partial charge in [0.25, 0.3) is 0 Å². The van der Waals surface area contributed by atoms with Gasteiger partial charge < -0.3 is 4.90 Å². The quantitative estimate of drug-likeness (QED) is 0.714. The van der Waals surface area contributed by atoms with Crippen molar-refractivity contribution in [3.05, 3.63) is 29.6 Å². The average Bonchev–Trinajstić information content (AvgIpc) is 2.90. The Kier molecular flexibility index (Phi) is 2.55. The van der Waals surface area contributed by atoms with Gasteiger partial charge in [-0.15, -0.1) is 11.6 Å². The van der Waals surface area contributed by atoms with Crippen LogP contribution in [0.25, 0.3) is 0 Å². The number of nitrogens with zero attached hydrogens (tertiary/aromatic N) is 1. The molecule has 1 aliphatic heterocycles. The Morgan fingerprint density at radius 3 is 2.88 bits per heavy atom. The fraction of sp³-hybridized carbons (Fsp3) is 0.538. The molecule has 0 N–H and O–H groups in total. The Morgan fingerprint density at radius 1 is 1.38 bits per heavy atom. The van der Waals surface area contributed by atoms with Crippen molar-refractivity contribution >= 4 is 17.3 Å². The minimum atomic E-state index is -0.191. The zero-order valence-corrected chi connectivity index (χ0v) is 9.88. The molecule has 2 aliphatic rings. The summed E-state index contributed by atoms with van der Waals surface area (Å²) < 4.78 is 13.1. The molecule has 3 rings (SSSR count). The first-order valence-corrected chi connectivity index (χ1v) is 6.42. The molecular weight excluding hydrogens is 225 g/mol. The van der Waals surface area contributed by atoms with Crippen LogP contribution in [0.4, 0.5) is 10.1 Å². The smallest absolute Gasteiger partial charge is 0.123 e. The van der Waals surface area contributed by atoms with E-state index in [2.05, 4.69) is 4.90 Å². The van der Waals surface area contributed by atoms with Crippen molar-refractivity contribution in [1.82, 2.24) is 0 Å². The highest BCUT2D eigenvalue weighted by atomic mass is 35.5. The van der Waals surface area contributed by atoms with Crippen LogP contribution in [0.2, 0.25) is 0 Å². The van der Waals surface area contributed by atoms with Gasteiger partial charge in [-0.1, -0.05) is 0 Å². The van der Waals surface area contributed by atoms with Gasteiger partial charge in [-0.2, -0.15) is 0 Å². The van der Waals surface area contributed by atoms with Gasteiger partial charge >= 0.3 is 0 Å². The lowest BCUT2D eigenvalue weighted by molar-refractivity contribution is 0.552. The molecule has 1 nitrogen and oxygen atoms in total. The summed E-state index contributed by atoms with van der Waals surface area (Å²) in [6.45, 7) is 1.13. The molecule has 0 spiro atoms. The minimum Gasteiger partial charge on any atom is -0.368 e. The van der Waals surface area contributed by atoms with E-state index in [0.29, 0.717) is 11.9 Å². The van der Waals surface area contributed by atoms with Gasteiger partial charge in [0, 0.05) is 24.2 Å². The molecule has 2 unspecified atom stereocenters. The zero-order chi connectivity index (χ0) is 11.1. The molecule has 1 saturated carbocycles. The summed E-state index contributed by atoms with van der Waals surface area (Å²) in [7, 11) is 0. The fourth-order valence-electron chi connectivity index (χ4n) is 3.16. The molecule has 2 atom stereocenters. The van der Waals surface area contributed by atoms with Gasteiger partial charge in [0.1, 0.15) is 5.82 Å². The van der Waals surface area contributed by atoms with Gasteiger partial charge in [-0.05, 0) is 48.9 Å². The molecule has 2 fully saturated rings. The molecule has 1 aromatic carbocycles. The number of anilines is 1. The van der Waals surface area contributed by atoms with Crippen LogP contribution in [0, 0.1) is 11.7 Å². The highest BCUT2D eigenvalue weighted by Crippen LogP contribution is 2.41. The van der Waals surface area contributed by atoms with Gasteiger partial charge in [0.15, 0.2) is 0 Å². The van der Waals surface area contributed by atoms with E-state index in [0.717, 1.165) is 23.7 Å². The van der Waals surface area contributed by atoms with E-state index in [1.807, 2.05) is 6.07 Å². The first-order chi connectivity index (χ1) is 7.78. The minimum absolute atomic E-state index is 0.191. The monoisotopic (exact) mass is 239 g/mol. The van der Waals surface area contributed by atoms with Crippen LogP contribution in [0.3, 0.4) is 0 Å². The lowest BCUT2D eigenvalue weighted by Crippen LogP contribution is -2.32. The topological polar surface area (TPSA) is 3.24 Å². The largest absolute Gasteiger partial charge is 0.368 e. The maximum Gasteiger partial charge on any atom is 0.123 e. The van der Waals surface area contributed by atoms with E-state index in [-0.39, 0.29) is 5.82 Å². The second kappa shape index (κ2) is 3.92. The van der Waals surface area contributed by atoms with Crippen LogP contribution in [-0.4, -0.2) is 12.6 Å². The number of halogens is 2. The Labute approximate surface area is 100 Å². The van der Waals surface area contributed by atoms with E-state index in [4.69, 9.17) is 11.6 Å². The Bertz CT molecular complexity index is 407. The maximum atomic E-state index is 13.1. The van der Waals surface area contributed by atoms with E-state index in [1.54, 1.807) is 6.07 Å². The van der Waals surface area contributed by atoms with Crippen LogP contribution in [0.1, 0.15) is 24.8 Å². The van der Waals surface area contributed by atoms with Crippen molar-refractivity contribution in [2.24, 2.45) is 5.92 Å². The third kappa shape index (κ3) is 1.60. The van der Waals surface area contributed by atoms with E-state index in [9.17, 15) is 4.39 Å². The Morgan fingerprint density at radius 2 is 2.25 bits per heavy atom. The summed E-state index contributed by atoms with van der Waals surface area (Å²) in [5.74, 6) is 1.04. The van der Waals surface area contributed by atoms with Crippen LogP contribution in [-0.2, 0) is 5.88 Å². The van der Waals surface area contributed by atoms with E-state index in [1.165, 1.54) is 25.3 Å². The standard InChI is InChI=1S/C13H15ClFN/c14-7-10-6-11(15)2-4-13(10)16-8-9-1-3-12(16)5-9/h2,4,6,9,12H,1,3,5,7-8H2. The SMILES string of the molecule is Fc1ccc(N2CC3CCC2C3)c(CCl)c1. The van der Waals surface area contributed by atoms with Crippen molar-refractivity contribution in [2.45, 2.75) is 31.2 Å². The molecule has 1 aromatic rings. The molecule has 3 heteroatoms. The number of hydrogen-bond acceptors (Lipinski definition) is 1. The molecular formula is C13H15ClFN. The lowest BCUT2D eigenvalue weighted by atomic mass is 10.1. The lowest BCUT2D eigenvalue weighted by Gasteiger charge is -2.30. The highest BCUT2D eigenvalue weighted by Gasteiger charge is 2.38. The first-order valence-electron chi connectivity index (χ1n) is 5.89. The second-order valence-electron chi connectivity index (χ2n) is 4.89. The van der Waals surface area contributed by atoms with Crippen LogP contribution >= 0.6 is 11.6 Å². The summed E-state index contributed by atoms with van der Waals surface area (Å²) in [6.07, 6.45) is 3.95. The normalized spacial score (nSPS) is 27.8. The van der Waals surface area contributed by atoms with Crippen LogP contribution in [0.5, 0.6) is 0 Å². The summed E-state index contributed by atoms with van der Waals surface area (Å²) >= 11 is 5.89. The van der Waals surface area contributed by atoms with Crippen molar-refractivity contribution in [3.63, 3.8) is 0 Å². The Hall–Kier alpha value is -0.760. The number of hydrogen-bond donors (Lipinski definition) is 0. The van der Waals surface area contributed by atoms with Gasteiger partial charge in [-0.25, -0.2) is 4.39 Å². The highest BCUT2D eigenvalue weighted by molar-refractivity contribution is 6.17. The molecule has 86 valence electrons. The van der Waals surface area contributed by atoms with Crippen molar-refractivity contribution in [1.29, 1.82) is 0 Å². The average molecular weight is 240 g/mol. The fourth-order valence-corrected chi connectivity index (χ4v) is 3.38. The number of rotatable bonds is 2. The molecule has 0 aromatic heterocycles. The predicted octanol–water partition coefficient (Wildman–Crippen LogP) is 3.55. The summed E-state index contributed by atoms with van der Waals surface area (Å²) in [5, 5.41) is 0. The van der Waals surface area contributed by atoms with Gasteiger partial charge in [0.2, 0.25) is 0 Å².